The van der Waals surface area contributed by atoms with E-state index < -0.39 is 5.41 Å². The van der Waals surface area contributed by atoms with Gasteiger partial charge in [0.25, 0.3) is 0 Å². The van der Waals surface area contributed by atoms with Gasteiger partial charge in [-0.25, -0.2) is 0 Å². The Kier molecular flexibility index (Phi) is 14.5. The standard InChI is InChI=1S/C88H72/c1-56-9-28-67(29-10-56)80(68-30-11-57(2)12-31-68)49-64-25-45-76-77-46-26-65(50-81(69-32-13-58(3)14-33-69)70-34-15-59(4)16-35-70)53-84(77)88(83(76)52-64)85-54-66(51-82(71-36-17-60(5)18-37-71)72-38-19-61(6)20-39-72)27-47-78(85)79-48-44-75(55-86(79)88)87(73-40-21-62(7)22-41-73)74-42-23-63(8)24-43-74/h9-55,87H,1-8H3. The fraction of sp³-hybridized carbons (Fsp3) is 0.114. The van der Waals surface area contributed by atoms with E-state index in [1.165, 1.54) is 156 Å². The average molecular weight is 1130 g/mol. The van der Waals surface area contributed by atoms with Gasteiger partial charge in [0.1, 0.15) is 0 Å². The predicted octanol–water partition coefficient (Wildman–Crippen LogP) is 22.4. The molecule has 424 valence electrons. The summed E-state index contributed by atoms with van der Waals surface area (Å²) in [5, 5.41) is 0. The highest BCUT2D eigenvalue weighted by Crippen LogP contribution is 2.64. The smallest absolute Gasteiger partial charge is 0.0590 e. The molecule has 12 aromatic rings. The van der Waals surface area contributed by atoms with Gasteiger partial charge in [-0.05, 0) is 220 Å². The summed E-state index contributed by atoms with van der Waals surface area (Å²) < 4.78 is 0. The Morgan fingerprint density at radius 3 is 0.682 bits per heavy atom. The van der Waals surface area contributed by atoms with E-state index in [1.807, 2.05) is 0 Å². The lowest BCUT2D eigenvalue weighted by Gasteiger charge is -2.32. The SMILES string of the molecule is Cc1ccc(C(=Cc2ccc3c(c2)C2(c4cc(C=C(c5ccc(C)cc5)c5ccc(C)cc5)ccc4-3)c3cc(C=C(c4ccc(C)cc4)c4ccc(C)cc4)ccc3-c3ccc(C(c4ccc(C)cc4)c4ccc(C)cc4)cc32)c2ccc(C)cc2)cc1. The Labute approximate surface area is 521 Å². The summed E-state index contributed by atoms with van der Waals surface area (Å²) in [6.45, 7) is 17.4. The van der Waals surface area contributed by atoms with Crippen molar-refractivity contribution in [3.05, 3.63) is 400 Å². The minimum atomic E-state index is -0.746. The first-order valence-corrected chi connectivity index (χ1v) is 31.1. The fourth-order valence-corrected chi connectivity index (χ4v) is 13.7. The molecule has 0 saturated heterocycles. The number of rotatable bonds is 12. The minimum Gasteiger partial charge on any atom is -0.0590 e. The summed E-state index contributed by atoms with van der Waals surface area (Å²) in [4.78, 5) is 0. The molecule has 1 spiro atoms. The monoisotopic (exact) mass is 1130 g/mol. The molecule has 12 aromatic carbocycles. The molecule has 0 nitrogen and oxygen atoms in total. The molecule has 0 radical (unpaired) electrons. The van der Waals surface area contributed by atoms with Crippen LogP contribution in [0.15, 0.2) is 267 Å². The fourth-order valence-electron chi connectivity index (χ4n) is 13.7. The first-order valence-electron chi connectivity index (χ1n) is 31.1. The van der Waals surface area contributed by atoms with Gasteiger partial charge in [-0.3, -0.25) is 0 Å². The van der Waals surface area contributed by atoms with E-state index in [0.717, 1.165) is 16.7 Å². The van der Waals surface area contributed by atoms with Gasteiger partial charge in [0.05, 0.1) is 5.41 Å². The third-order valence-electron chi connectivity index (χ3n) is 18.6. The Morgan fingerprint density at radius 2 is 0.432 bits per heavy atom. The molecule has 0 heteroatoms. The molecule has 2 aliphatic rings. The van der Waals surface area contributed by atoms with Crippen molar-refractivity contribution in [2.75, 3.05) is 0 Å². The second kappa shape index (κ2) is 22.9. The number of aryl methyl sites for hydroxylation is 8. The third kappa shape index (κ3) is 10.4. The molecule has 0 saturated carbocycles. The van der Waals surface area contributed by atoms with Gasteiger partial charge in [0.2, 0.25) is 0 Å². The molecule has 88 heavy (non-hydrogen) atoms. The molecule has 0 unspecified atom stereocenters. The third-order valence-corrected chi connectivity index (χ3v) is 18.6. The second-order valence-electron chi connectivity index (χ2n) is 25.1. The van der Waals surface area contributed by atoms with Gasteiger partial charge in [-0.15, -0.1) is 0 Å². The number of hydrogen-bond acceptors (Lipinski definition) is 0. The Bertz CT molecular complexity index is 4190. The quantitative estimate of drug-likeness (QED) is 0.0845. The van der Waals surface area contributed by atoms with Crippen molar-refractivity contribution in [1.82, 2.24) is 0 Å². The highest BCUT2D eigenvalue weighted by molar-refractivity contribution is 6.00. The lowest BCUT2D eigenvalue weighted by Crippen LogP contribution is -2.26. The van der Waals surface area contributed by atoms with Gasteiger partial charge >= 0.3 is 0 Å². The lowest BCUT2D eigenvalue weighted by molar-refractivity contribution is 0.789. The molecular formula is C88H72. The molecule has 0 aliphatic heterocycles. The Morgan fingerprint density at radius 1 is 0.227 bits per heavy atom. The molecule has 0 amide bonds. The van der Waals surface area contributed by atoms with Gasteiger partial charge in [0, 0.05) is 5.92 Å². The highest BCUT2D eigenvalue weighted by atomic mass is 14.5. The van der Waals surface area contributed by atoms with Crippen LogP contribution in [-0.2, 0) is 5.41 Å². The largest absolute Gasteiger partial charge is 0.0726 e. The van der Waals surface area contributed by atoms with Crippen molar-refractivity contribution in [1.29, 1.82) is 0 Å². The minimum absolute atomic E-state index is 0.0145. The van der Waals surface area contributed by atoms with Crippen LogP contribution in [0.1, 0.15) is 139 Å². The van der Waals surface area contributed by atoms with Gasteiger partial charge in [-0.1, -0.05) is 293 Å². The number of hydrogen-bond donors (Lipinski definition) is 0. The van der Waals surface area contributed by atoms with Crippen molar-refractivity contribution < 1.29 is 0 Å². The van der Waals surface area contributed by atoms with Gasteiger partial charge < -0.3 is 0 Å². The normalized spacial score (nSPS) is 12.3. The van der Waals surface area contributed by atoms with E-state index in [2.05, 4.69) is 341 Å². The van der Waals surface area contributed by atoms with Crippen LogP contribution >= 0.6 is 0 Å². The van der Waals surface area contributed by atoms with E-state index >= 15 is 0 Å². The van der Waals surface area contributed by atoms with Crippen molar-refractivity contribution in [3.8, 4) is 22.3 Å². The zero-order chi connectivity index (χ0) is 60.2. The van der Waals surface area contributed by atoms with E-state index in [-0.39, 0.29) is 5.92 Å². The van der Waals surface area contributed by atoms with Crippen LogP contribution in [0.2, 0.25) is 0 Å². The van der Waals surface area contributed by atoms with Crippen LogP contribution in [0.3, 0.4) is 0 Å². The predicted molar refractivity (Wildman–Crippen MR) is 374 cm³/mol. The molecule has 2 aliphatic carbocycles. The van der Waals surface area contributed by atoms with Crippen molar-refractivity contribution in [2.24, 2.45) is 0 Å². The first-order chi connectivity index (χ1) is 42.8. The van der Waals surface area contributed by atoms with E-state index in [1.54, 1.807) is 0 Å². The van der Waals surface area contributed by atoms with Crippen molar-refractivity contribution in [3.63, 3.8) is 0 Å². The molecular weight excluding hydrogens is 1060 g/mol. The zero-order valence-electron chi connectivity index (χ0n) is 51.7. The maximum absolute atomic E-state index is 2.61. The second-order valence-corrected chi connectivity index (χ2v) is 25.1. The highest BCUT2D eigenvalue weighted by Gasteiger charge is 2.52. The molecule has 0 heterocycles. The number of fused-ring (bicyclic) bond motifs is 10. The van der Waals surface area contributed by atoms with E-state index in [4.69, 9.17) is 0 Å². The van der Waals surface area contributed by atoms with E-state index in [0.29, 0.717) is 0 Å². The van der Waals surface area contributed by atoms with Crippen LogP contribution in [0.5, 0.6) is 0 Å². The number of benzene rings is 12. The van der Waals surface area contributed by atoms with Crippen LogP contribution in [0, 0.1) is 55.4 Å². The van der Waals surface area contributed by atoms with E-state index in [9.17, 15) is 0 Å². The maximum Gasteiger partial charge on any atom is 0.0726 e. The van der Waals surface area contributed by atoms with Gasteiger partial charge in [-0.2, -0.15) is 0 Å². The lowest BCUT2D eigenvalue weighted by atomic mass is 9.69. The summed E-state index contributed by atoms with van der Waals surface area (Å²) in [5.74, 6) is -0.0145. The van der Waals surface area contributed by atoms with Crippen LogP contribution in [0.4, 0.5) is 0 Å². The molecule has 14 rings (SSSR count). The van der Waals surface area contributed by atoms with Crippen LogP contribution in [0.25, 0.3) is 57.2 Å². The summed E-state index contributed by atoms with van der Waals surface area (Å²) >= 11 is 0. The summed E-state index contributed by atoms with van der Waals surface area (Å²) in [6, 6.07) is 102. The van der Waals surface area contributed by atoms with Crippen LogP contribution < -0.4 is 0 Å². The molecule has 0 fully saturated rings. The summed E-state index contributed by atoms with van der Waals surface area (Å²) in [5.41, 5.74) is 37.4. The van der Waals surface area contributed by atoms with Gasteiger partial charge in [0.15, 0.2) is 0 Å². The average Bonchev–Trinajstić information content (AvgIpc) is 1.53. The molecule has 0 bridgehead atoms. The Balaban J connectivity index is 1.08. The first kappa shape index (κ1) is 55.7. The summed E-state index contributed by atoms with van der Waals surface area (Å²) in [7, 11) is 0. The Hall–Kier alpha value is -10.1. The van der Waals surface area contributed by atoms with Crippen molar-refractivity contribution >= 4 is 34.9 Å². The molecule has 0 atom stereocenters. The molecule has 0 aromatic heterocycles. The zero-order valence-corrected chi connectivity index (χ0v) is 51.7. The topological polar surface area (TPSA) is 0 Å². The summed E-state index contributed by atoms with van der Waals surface area (Å²) in [6.07, 6.45) is 7.30. The molecule has 0 N–H and O–H groups in total. The van der Waals surface area contributed by atoms with Crippen molar-refractivity contribution in [2.45, 2.75) is 66.7 Å². The maximum atomic E-state index is 2.61. The van der Waals surface area contributed by atoms with Crippen LogP contribution in [-0.4, -0.2) is 0 Å².